The Kier molecular flexibility index (Phi) is 8.57. The van der Waals surface area contributed by atoms with E-state index in [0.717, 1.165) is 22.9 Å². The van der Waals surface area contributed by atoms with Crippen LogP contribution in [0.4, 0.5) is 5.69 Å². The van der Waals surface area contributed by atoms with Crippen LogP contribution in [0.5, 0.6) is 11.5 Å². The third kappa shape index (κ3) is 5.97. The molecule has 0 saturated carbocycles. The maximum Gasteiger partial charge on any atom is 0.337 e. The maximum atomic E-state index is 12.8. The molecule has 1 aliphatic rings. The highest BCUT2D eigenvalue weighted by Gasteiger charge is 2.30. The van der Waals surface area contributed by atoms with Gasteiger partial charge in [-0.1, -0.05) is 19.4 Å². The van der Waals surface area contributed by atoms with Gasteiger partial charge in [0.15, 0.2) is 16.7 Å². The van der Waals surface area contributed by atoms with Crippen molar-refractivity contribution in [1.29, 1.82) is 0 Å². The Morgan fingerprint density at radius 1 is 1.24 bits per heavy atom. The number of ether oxygens (including phenoxy) is 3. The van der Waals surface area contributed by atoms with Crippen LogP contribution in [-0.4, -0.2) is 49.8 Å². The van der Waals surface area contributed by atoms with E-state index < -0.39 is 5.97 Å². The summed E-state index contributed by atoms with van der Waals surface area (Å²) >= 11 is 4.81. The largest absolute Gasteiger partial charge is 0.493 e. The standard InChI is InChI=1S/C24H25BrN2O5S/c1-5-6-10-32-21-18(25)11-15(12-19(21)30-3)13-20-22(28)27(2)24(33-20)26-17-9-7-8-16(14-17)23(29)31-4/h7-9,11-14H,5-6,10H2,1-4H3. The smallest absolute Gasteiger partial charge is 0.337 e. The van der Waals surface area contributed by atoms with Crippen LogP contribution in [0.15, 0.2) is 50.8 Å². The van der Waals surface area contributed by atoms with Crippen LogP contribution < -0.4 is 9.47 Å². The van der Waals surface area contributed by atoms with Gasteiger partial charge in [0, 0.05) is 7.05 Å². The number of thioether (sulfide) groups is 1. The number of amides is 1. The summed E-state index contributed by atoms with van der Waals surface area (Å²) in [5.41, 5.74) is 1.74. The number of hydrogen-bond donors (Lipinski definition) is 0. The zero-order valence-corrected chi connectivity index (χ0v) is 21.3. The number of carbonyl (C=O) groups excluding carboxylic acids is 2. The van der Waals surface area contributed by atoms with E-state index in [4.69, 9.17) is 14.2 Å². The van der Waals surface area contributed by atoms with Gasteiger partial charge in [-0.3, -0.25) is 9.69 Å². The van der Waals surface area contributed by atoms with Gasteiger partial charge in [0.25, 0.3) is 5.91 Å². The van der Waals surface area contributed by atoms with Crippen molar-refractivity contribution in [3.8, 4) is 11.5 Å². The molecule has 0 radical (unpaired) electrons. The van der Waals surface area contributed by atoms with Gasteiger partial charge in [-0.05, 0) is 76.1 Å². The SMILES string of the molecule is CCCCOc1c(Br)cc(C=C2SC(=Nc3cccc(C(=O)OC)c3)N(C)C2=O)cc1OC. The van der Waals surface area contributed by atoms with Crippen molar-refractivity contribution in [2.45, 2.75) is 19.8 Å². The Bertz CT molecular complexity index is 1120. The van der Waals surface area contributed by atoms with Crippen LogP contribution in [0, 0.1) is 0 Å². The summed E-state index contributed by atoms with van der Waals surface area (Å²) in [5.74, 6) is 0.622. The van der Waals surface area contributed by atoms with Crippen LogP contribution >= 0.6 is 27.7 Å². The van der Waals surface area contributed by atoms with E-state index in [2.05, 4.69) is 27.8 Å². The zero-order valence-electron chi connectivity index (χ0n) is 18.9. The van der Waals surface area contributed by atoms with Crippen molar-refractivity contribution in [2.24, 2.45) is 4.99 Å². The monoisotopic (exact) mass is 532 g/mol. The van der Waals surface area contributed by atoms with E-state index in [-0.39, 0.29) is 5.91 Å². The number of likely N-dealkylation sites (N-methyl/N-ethyl adjacent to an activating group) is 1. The van der Waals surface area contributed by atoms with Gasteiger partial charge in [0.2, 0.25) is 0 Å². The molecular formula is C24H25BrN2O5S. The molecule has 0 N–H and O–H groups in total. The molecule has 1 amide bonds. The molecule has 3 rings (SSSR count). The number of amidine groups is 1. The first-order chi connectivity index (χ1) is 15.9. The van der Waals surface area contributed by atoms with Crippen molar-refractivity contribution < 1.29 is 23.8 Å². The second kappa shape index (κ2) is 11.4. The lowest BCUT2D eigenvalue weighted by Crippen LogP contribution is -2.23. The molecule has 0 aliphatic carbocycles. The molecule has 0 aromatic heterocycles. The van der Waals surface area contributed by atoms with E-state index in [1.807, 2.05) is 12.1 Å². The first-order valence-electron chi connectivity index (χ1n) is 10.3. The van der Waals surface area contributed by atoms with E-state index in [1.54, 1.807) is 44.5 Å². The molecule has 0 bridgehead atoms. The van der Waals surface area contributed by atoms with Crippen LogP contribution in [0.2, 0.25) is 0 Å². The average molecular weight is 533 g/mol. The fraction of sp³-hybridized carbons (Fsp3) is 0.292. The number of carbonyl (C=O) groups is 2. The lowest BCUT2D eigenvalue weighted by atomic mass is 10.2. The quantitative estimate of drug-likeness (QED) is 0.248. The fourth-order valence-corrected chi connectivity index (χ4v) is 4.58. The highest BCUT2D eigenvalue weighted by Crippen LogP contribution is 2.39. The summed E-state index contributed by atoms with van der Waals surface area (Å²) < 4.78 is 16.9. The fourth-order valence-electron chi connectivity index (χ4n) is 3.02. The lowest BCUT2D eigenvalue weighted by molar-refractivity contribution is -0.121. The normalized spacial score (nSPS) is 15.9. The van der Waals surface area contributed by atoms with Crippen LogP contribution in [-0.2, 0) is 9.53 Å². The van der Waals surface area contributed by atoms with Gasteiger partial charge < -0.3 is 14.2 Å². The Labute approximate surface area is 205 Å². The highest BCUT2D eigenvalue weighted by atomic mass is 79.9. The number of halogens is 1. The predicted octanol–water partition coefficient (Wildman–Crippen LogP) is 5.66. The van der Waals surface area contributed by atoms with Crippen LogP contribution in [0.3, 0.4) is 0 Å². The minimum atomic E-state index is -0.442. The van der Waals surface area contributed by atoms with Gasteiger partial charge in [-0.25, -0.2) is 9.79 Å². The van der Waals surface area contributed by atoms with Crippen LogP contribution in [0.25, 0.3) is 6.08 Å². The number of esters is 1. The van der Waals surface area contributed by atoms with E-state index in [0.29, 0.717) is 39.4 Å². The van der Waals surface area contributed by atoms with Crippen molar-refractivity contribution in [3.05, 3.63) is 56.9 Å². The number of benzene rings is 2. The number of nitrogens with zero attached hydrogens (tertiary/aromatic N) is 2. The molecule has 33 heavy (non-hydrogen) atoms. The molecule has 7 nitrogen and oxygen atoms in total. The van der Waals surface area contributed by atoms with Crippen molar-refractivity contribution in [2.75, 3.05) is 27.9 Å². The number of aliphatic imine (C=N–C) groups is 1. The van der Waals surface area contributed by atoms with Gasteiger partial charge in [0.05, 0.1) is 41.5 Å². The molecule has 174 valence electrons. The van der Waals surface area contributed by atoms with Gasteiger partial charge in [-0.15, -0.1) is 0 Å². The number of methoxy groups -OCH3 is 2. The Morgan fingerprint density at radius 2 is 2.03 bits per heavy atom. The van der Waals surface area contributed by atoms with Crippen molar-refractivity contribution in [3.63, 3.8) is 0 Å². The molecule has 2 aromatic rings. The Morgan fingerprint density at radius 3 is 2.73 bits per heavy atom. The minimum Gasteiger partial charge on any atom is -0.493 e. The summed E-state index contributed by atoms with van der Waals surface area (Å²) in [5, 5.41) is 0.513. The molecule has 0 atom stereocenters. The van der Waals surface area contributed by atoms with E-state index >= 15 is 0 Å². The molecule has 2 aromatic carbocycles. The maximum absolute atomic E-state index is 12.8. The second-order valence-electron chi connectivity index (χ2n) is 7.15. The third-order valence-corrected chi connectivity index (χ3v) is 6.44. The summed E-state index contributed by atoms with van der Waals surface area (Å²) in [6.45, 7) is 2.70. The summed E-state index contributed by atoms with van der Waals surface area (Å²) in [7, 11) is 4.58. The molecule has 1 saturated heterocycles. The van der Waals surface area contributed by atoms with Gasteiger partial charge in [-0.2, -0.15) is 0 Å². The summed E-state index contributed by atoms with van der Waals surface area (Å²) in [6, 6.07) is 10.5. The molecule has 1 heterocycles. The summed E-state index contributed by atoms with van der Waals surface area (Å²) in [6.07, 6.45) is 3.78. The topological polar surface area (TPSA) is 77.4 Å². The lowest BCUT2D eigenvalue weighted by Gasteiger charge is -2.13. The first kappa shape index (κ1) is 24.9. The molecule has 1 fully saturated rings. The Balaban J connectivity index is 1.87. The highest BCUT2D eigenvalue weighted by molar-refractivity contribution is 9.10. The number of hydrogen-bond acceptors (Lipinski definition) is 7. The van der Waals surface area contributed by atoms with Crippen LogP contribution in [0.1, 0.15) is 35.7 Å². The first-order valence-corrected chi connectivity index (χ1v) is 11.9. The van der Waals surface area contributed by atoms with Gasteiger partial charge in [0.1, 0.15) is 0 Å². The second-order valence-corrected chi connectivity index (χ2v) is 9.01. The van der Waals surface area contributed by atoms with Gasteiger partial charge >= 0.3 is 5.97 Å². The Hall–Kier alpha value is -2.78. The zero-order chi connectivity index (χ0) is 24.0. The predicted molar refractivity (Wildman–Crippen MR) is 134 cm³/mol. The molecular weight excluding hydrogens is 508 g/mol. The minimum absolute atomic E-state index is 0.166. The molecule has 0 spiro atoms. The number of rotatable bonds is 8. The molecule has 9 heteroatoms. The number of unbranched alkanes of at least 4 members (excludes halogenated alkanes) is 1. The summed E-state index contributed by atoms with van der Waals surface area (Å²) in [4.78, 5) is 31.2. The molecule has 1 aliphatic heterocycles. The van der Waals surface area contributed by atoms with Crippen molar-refractivity contribution >= 4 is 56.5 Å². The van der Waals surface area contributed by atoms with E-state index in [1.165, 1.54) is 23.8 Å². The third-order valence-electron chi connectivity index (χ3n) is 4.79. The van der Waals surface area contributed by atoms with E-state index in [9.17, 15) is 9.59 Å². The van der Waals surface area contributed by atoms with Crippen molar-refractivity contribution in [1.82, 2.24) is 4.90 Å². The average Bonchev–Trinajstić information content (AvgIpc) is 3.07. The molecule has 0 unspecified atom stereocenters.